The predicted molar refractivity (Wildman–Crippen MR) is 84.3 cm³/mol. The van der Waals surface area contributed by atoms with Crippen LogP contribution in [0.5, 0.6) is 0 Å². The minimum atomic E-state index is -0.901. The van der Waals surface area contributed by atoms with Gasteiger partial charge in [0.2, 0.25) is 5.78 Å². The Hall–Kier alpha value is -2.22. The van der Waals surface area contributed by atoms with Crippen LogP contribution < -0.4 is 5.56 Å². The van der Waals surface area contributed by atoms with Crippen molar-refractivity contribution in [2.75, 3.05) is 0 Å². The molecular weight excluding hydrogens is 296 g/mol. The summed E-state index contributed by atoms with van der Waals surface area (Å²) >= 11 is 0. The fraction of sp³-hybridized carbons (Fsp3) is 0.600. The number of aromatic amines is 1. The fourth-order valence-electron chi connectivity index (χ4n) is 2.98. The molecule has 1 aliphatic carbocycles. The monoisotopic (exact) mass is 316 g/mol. The molecule has 122 valence electrons. The zero-order valence-electron chi connectivity index (χ0n) is 13.3. The Morgan fingerprint density at radius 2 is 2.09 bits per heavy atom. The number of nitrogens with one attached hydrogen (secondary N) is 1. The maximum absolute atomic E-state index is 12.7. The molecule has 3 heterocycles. The summed E-state index contributed by atoms with van der Waals surface area (Å²) in [4.78, 5) is 20.3. The van der Waals surface area contributed by atoms with E-state index in [-0.39, 0.29) is 5.56 Å². The fourth-order valence-corrected chi connectivity index (χ4v) is 2.98. The first kappa shape index (κ1) is 14.4. The van der Waals surface area contributed by atoms with Gasteiger partial charge in [-0.2, -0.15) is 0 Å². The lowest BCUT2D eigenvalue weighted by molar-refractivity contribution is 0.142. The Bertz CT molecular complexity index is 946. The van der Waals surface area contributed by atoms with E-state index in [0.29, 0.717) is 41.4 Å². The van der Waals surface area contributed by atoms with E-state index in [1.165, 1.54) is 4.40 Å². The van der Waals surface area contributed by atoms with E-state index in [2.05, 4.69) is 27.1 Å². The van der Waals surface area contributed by atoms with Gasteiger partial charge in [-0.05, 0) is 26.2 Å². The van der Waals surface area contributed by atoms with E-state index < -0.39 is 5.60 Å². The molecule has 23 heavy (non-hydrogen) atoms. The number of fused-ring (bicyclic) bond motifs is 2. The number of hydrogen-bond donors (Lipinski definition) is 2. The van der Waals surface area contributed by atoms with Gasteiger partial charge >= 0.3 is 0 Å². The van der Waals surface area contributed by atoms with Gasteiger partial charge in [0, 0.05) is 6.54 Å². The second kappa shape index (κ2) is 4.89. The molecule has 0 atom stereocenters. The molecule has 3 aromatic heterocycles. The van der Waals surface area contributed by atoms with Crippen LogP contribution >= 0.6 is 0 Å². The number of aliphatic hydroxyl groups is 1. The van der Waals surface area contributed by atoms with Crippen LogP contribution in [-0.2, 0) is 12.1 Å². The lowest BCUT2D eigenvalue weighted by Gasteiger charge is -2.08. The molecule has 2 N–H and O–H groups in total. The normalized spacial score (nSPS) is 16.5. The minimum Gasteiger partial charge on any atom is -0.382 e. The number of unbranched alkanes of at least 4 members (excludes halogenated alkanes) is 2. The SMILES string of the molecule is CCCCCn1c2nc(C3(O)CC3)[nH]c2c(=O)n2c(C)nnc12. The quantitative estimate of drug-likeness (QED) is 0.690. The highest BCUT2D eigenvalue weighted by Crippen LogP contribution is 2.44. The predicted octanol–water partition coefficient (Wildman–Crippen LogP) is 1.25. The van der Waals surface area contributed by atoms with Crippen molar-refractivity contribution in [3.05, 3.63) is 22.0 Å². The molecular formula is C15H20N6O2. The zero-order valence-corrected chi connectivity index (χ0v) is 13.3. The van der Waals surface area contributed by atoms with Crippen LogP contribution in [0.15, 0.2) is 4.79 Å². The standard InChI is InChI=1S/C15H20N6O2/c1-3-4-5-8-20-11-10(16-13(17-11)15(23)6-7-15)12(22)21-9(2)18-19-14(20)21/h23H,3-8H2,1-2H3,(H,16,17). The number of H-pyrrole nitrogens is 1. The molecule has 0 radical (unpaired) electrons. The number of imidazole rings is 1. The first-order chi connectivity index (χ1) is 11.0. The molecule has 1 aliphatic rings. The van der Waals surface area contributed by atoms with E-state index in [0.717, 1.165) is 25.8 Å². The van der Waals surface area contributed by atoms with Gasteiger partial charge in [0.1, 0.15) is 17.2 Å². The third kappa shape index (κ3) is 2.08. The number of aromatic nitrogens is 6. The van der Waals surface area contributed by atoms with E-state index in [1.807, 2.05) is 4.57 Å². The van der Waals surface area contributed by atoms with Crippen molar-refractivity contribution in [3.63, 3.8) is 0 Å². The molecule has 0 amide bonds. The molecule has 0 aromatic carbocycles. The molecule has 8 heteroatoms. The number of aryl methyl sites for hydroxylation is 2. The summed E-state index contributed by atoms with van der Waals surface area (Å²) in [5.74, 6) is 1.54. The topological polar surface area (TPSA) is 101 Å². The Labute approximate surface area is 132 Å². The molecule has 0 unspecified atom stereocenters. The van der Waals surface area contributed by atoms with Gasteiger partial charge in [-0.25, -0.2) is 9.38 Å². The highest BCUT2D eigenvalue weighted by molar-refractivity contribution is 5.73. The van der Waals surface area contributed by atoms with Gasteiger partial charge in [-0.3, -0.25) is 9.36 Å². The van der Waals surface area contributed by atoms with Crippen LogP contribution in [0.25, 0.3) is 16.9 Å². The van der Waals surface area contributed by atoms with Crippen LogP contribution in [0.3, 0.4) is 0 Å². The lowest BCUT2D eigenvalue weighted by Crippen LogP contribution is -2.20. The van der Waals surface area contributed by atoms with E-state index >= 15 is 0 Å². The molecule has 0 saturated heterocycles. The minimum absolute atomic E-state index is 0.216. The summed E-state index contributed by atoms with van der Waals surface area (Å²) < 4.78 is 3.44. The average molecular weight is 316 g/mol. The van der Waals surface area contributed by atoms with Gasteiger partial charge in [-0.15, -0.1) is 10.2 Å². The van der Waals surface area contributed by atoms with Gasteiger partial charge in [-0.1, -0.05) is 19.8 Å². The highest BCUT2D eigenvalue weighted by atomic mass is 16.3. The van der Waals surface area contributed by atoms with Gasteiger partial charge in [0.25, 0.3) is 5.56 Å². The summed E-state index contributed by atoms with van der Waals surface area (Å²) in [6.45, 7) is 4.62. The second-order valence-corrected chi connectivity index (χ2v) is 6.36. The Kier molecular flexibility index (Phi) is 3.06. The zero-order chi connectivity index (χ0) is 16.2. The number of nitrogens with zero attached hydrogens (tertiary/aromatic N) is 5. The van der Waals surface area contributed by atoms with Gasteiger partial charge in [0.05, 0.1) is 0 Å². The molecule has 0 spiro atoms. The van der Waals surface area contributed by atoms with Gasteiger partial charge < -0.3 is 10.1 Å². The van der Waals surface area contributed by atoms with Gasteiger partial charge in [0.15, 0.2) is 11.2 Å². The van der Waals surface area contributed by atoms with Crippen molar-refractivity contribution in [2.24, 2.45) is 0 Å². The Morgan fingerprint density at radius 1 is 1.30 bits per heavy atom. The van der Waals surface area contributed by atoms with Crippen molar-refractivity contribution in [3.8, 4) is 0 Å². The van der Waals surface area contributed by atoms with Crippen LogP contribution in [0.1, 0.15) is 50.7 Å². The molecule has 0 bridgehead atoms. The highest BCUT2D eigenvalue weighted by Gasteiger charge is 2.45. The summed E-state index contributed by atoms with van der Waals surface area (Å²) in [6, 6.07) is 0. The molecule has 8 nitrogen and oxygen atoms in total. The van der Waals surface area contributed by atoms with Crippen molar-refractivity contribution in [1.29, 1.82) is 0 Å². The van der Waals surface area contributed by atoms with Crippen molar-refractivity contribution in [1.82, 2.24) is 29.1 Å². The Morgan fingerprint density at radius 3 is 2.78 bits per heavy atom. The average Bonchev–Trinajstić information content (AvgIpc) is 2.98. The smallest absolute Gasteiger partial charge is 0.286 e. The molecule has 0 aliphatic heterocycles. The molecule has 1 fully saturated rings. The van der Waals surface area contributed by atoms with Crippen molar-refractivity contribution in [2.45, 2.75) is 58.1 Å². The number of hydrogen-bond acceptors (Lipinski definition) is 5. The maximum atomic E-state index is 12.7. The van der Waals surface area contributed by atoms with E-state index in [9.17, 15) is 9.90 Å². The molecule has 3 aromatic rings. The first-order valence-corrected chi connectivity index (χ1v) is 8.12. The van der Waals surface area contributed by atoms with Crippen LogP contribution in [0.4, 0.5) is 0 Å². The Balaban J connectivity index is 1.98. The second-order valence-electron chi connectivity index (χ2n) is 6.36. The third-order valence-electron chi connectivity index (χ3n) is 4.56. The van der Waals surface area contributed by atoms with Crippen molar-refractivity contribution < 1.29 is 5.11 Å². The maximum Gasteiger partial charge on any atom is 0.286 e. The first-order valence-electron chi connectivity index (χ1n) is 8.12. The molecule has 4 rings (SSSR count). The van der Waals surface area contributed by atoms with E-state index in [4.69, 9.17) is 0 Å². The van der Waals surface area contributed by atoms with Crippen LogP contribution in [0, 0.1) is 6.92 Å². The van der Waals surface area contributed by atoms with Crippen LogP contribution in [0.2, 0.25) is 0 Å². The third-order valence-corrected chi connectivity index (χ3v) is 4.56. The summed E-state index contributed by atoms with van der Waals surface area (Å²) in [5, 5.41) is 18.5. The largest absolute Gasteiger partial charge is 0.382 e. The summed E-state index contributed by atoms with van der Waals surface area (Å²) in [7, 11) is 0. The summed E-state index contributed by atoms with van der Waals surface area (Å²) in [6.07, 6.45) is 4.52. The van der Waals surface area contributed by atoms with Crippen molar-refractivity contribution >= 4 is 16.9 Å². The summed E-state index contributed by atoms with van der Waals surface area (Å²) in [5.41, 5.74) is -0.150. The van der Waals surface area contributed by atoms with Crippen LogP contribution in [-0.4, -0.2) is 34.2 Å². The lowest BCUT2D eigenvalue weighted by atomic mass is 10.2. The van der Waals surface area contributed by atoms with E-state index in [1.54, 1.807) is 6.92 Å². The molecule has 1 saturated carbocycles. The number of rotatable bonds is 5.